The van der Waals surface area contributed by atoms with E-state index in [1.165, 1.54) is 0 Å². The van der Waals surface area contributed by atoms with Crippen LogP contribution in [0.15, 0.2) is 40.2 Å². The minimum atomic E-state index is -0.335. The van der Waals surface area contributed by atoms with Gasteiger partial charge in [0.05, 0.1) is 11.4 Å². The molecule has 0 aromatic carbocycles. The molecule has 0 fully saturated rings. The summed E-state index contributed by atoms with van der Waals surface area (Å²) in [5.74, 6) is 0.783. The quantitative estimate of drug-likeness (QED) is 0.611. The van der Waals surface area contributed by atoms with Gasteiger partial charge in [-0.15, -0.1) is 21.5 Å². The van der Waals surface area contributed by atoms with E-state index in [1.807, 2.05) is 29.6 Å². The first-order chi connectivity index (χ1) is 11.7. The minimum absolute atomic E-state index is 0.187. The molecule has 0 aliphatic carbocycles. The number of rotatable bonds is 4. The number of hydrogen-bond donors (Lipinski definition) is 1. The predicted octanol–water partition coefficient (Wildman–Crippen LogP) is 2.08. The Kier molecular flexibility index (Phi) is 3.54. The second kappa shape index (κ2) is 5.85. The van der Waals surface area contributed by atoms with Crippen LogP contribution >= 0.6 is 11.3 Å². The van der Waals surface area contributed by atoms with E-state index in [2.05, 4.69) is 25.8 Å². The third kappa shape index (κ3) is 2.65. The summed E-state index contributed by atoms with van der Waals surface area (Å²) in [5.41, 5.74) is 1.68. The summed E-state index contributed by atoms with van der Waals surface area (Å²) in [5, 5.41) is 21.1. The normalized spacial score (nSPS) is 11.0. The highest BCUT2D eigenvalue weighted by Crippen LogP contribution is 2.22. The van der Waals surface area contributed by atoms with Crippen molar-refractivity contribution in [3.05, 3.63) is 53.0 Å². The van der Waals surface area contributed by atoms with Crippen molar-refractivity contribution in [2.75, 3.05) is 0 Å². The van der Waals surface area contributed by atoms with E-state index in [-0.39, 0.29) is 18.1 Å². The first-order valence-corrected chi connectivity index (χ1v) is 8.05. The second-order valence-electron chi connectivity index (χ2n) is 5.09. The van der Waals surface area contributed by atoms with Crippen molar-refractivity contribution < 1.29 is 9.32 Å². The molecule has 0 atom stereocenters. The third-order valence-electron chi connectivity index (χ3n) is 3.37. The van der Waals surface area contributed by atoms with Gasteiger partial charge in [-0.1, -0.05) is 11.2 Å². The predicted molar refractivity (Wildman–Crippen MR) is 86.5 cm³/mol. The summed E-state index contributed by atoms with van der Waals surface area (Å²) in [6, 6.07) is 9.29. The molecule has 0 unspecified atom stereocenters. The molecule has 4 aromatic rings. The molecule has 0 bridgehead atoms. The molecule has 9 heteroatoms. The summed E-state index contributed by atoms with van der Waals surface area (Å²) >= 11 is 1.61. The lowest BCUT2D eigenvalue weighted by Crippen LogP contribution is -2.24. The van der Waals surface area contributed by atoms with Crippen molar-refractivity contribution in [1.29, 1.82) is 0 Å². The van der Waals surface area contributed by atoms with E-state index in [1.54, 1.807) is 28.8 Å². The molecular weight excluding hydrogens is 328 g/mol. The van der Waals surface area contributed by atoms with Gasteiger partial charge in [-0.2, -0.15) is 9.61 Å². The van der Waals surface area contributed by atoms with Crippen LogP contribution in [0.3, 0.4) is 0 Å². The molecule has 4 aromatic heterocycles. The van der Waals surface area contributed by atoms with E-state index in [0.717, 1.165) is 10.6 Å². The Labute approximate surface area is 140 Å². The van der Waals surface area contributed by atoms with E-state index in [4.69, 9.17) is 4.52 Å². The van der Waals surface area contributed by atoms with E-state index in [0.29, 0.717) is 17.2 Å². The Morgan fingerprint density at radius 2 is 2.25 bits per heavy atom. The van der Waals surface area contributed by atoms with Crippen LogP contribution in [0.25, 0.3) is 16.2 Å². The molecule has 0 spiro atoms. The second-order valence-corrected chi connectivity index (χ2v) is 6.04. The zero-order chi connectivity index (χ0) is 16.5. The zero-order valence-corrected chi connectivity index (χ0v) is 13.4. The van der Waals surface area contributed by atoms with Crippen LogP contribution < -0.4 is 5.32 Å². The van der Waals surface area contributed by atoms with Crippen molar-refractivity contribution in [2.24, 2.45) is 0 Å². The highest BCUT2D eigenvalue weighted by Gasteiger charge is 2.13. The molecule has 120 valence electrons. The fraction of sp³-hybridized carbons (Fsp3) is 0.133. The lowest BCUT2D eigenvalue weighted by Gasteiger charge is -2.02. The minimum Gasteiger partial charge on any atom is -0.361 e. The molecule has 0 saturated carbocycles. The van der Waals surface area contributed by atoms with Gasteiger partial charge in [0.15, 0.2) is 17.2 Å². The van der Waals surface area contributed by atoms with E-state index >= 15 is 0 Å². The number of carbonyl (C=O) groups is 1. The number of nitrogens with zero attached hydrogens (tertiary/aromatic N) is 5. The number of hydrogen-bond acceptors (Lipinski definition) is 7. The summed E-state index contributed by atoms with van der Waals surface area (Å²) in [7, 11) is 0. The molecule has 1 N–H and O–H groups in total. The highest BCUT2D eigenvalue weighted by atomic mass is 32.1. The van der Waals surface area contributed by atoms with Gasteiger partial charge >= 0.3 is 0 Å². The van der Waals surface area contributed by atoms with Gasteiger partial charge < -0.3 is 9.84 Å². The van der Waals surface area contributed by atoms with Gasteiger partial charge in [0.25, 0.3) is 5.91 Å². The molecule has 0 aliphatic rings. The Balaban J connectivity index is 1.58. The summed E-state index contributed by atoms with van der Waals surface area (Å²) < 4.78 is 6.52. The third-order valence-corrected chi connectivity index (χ3v) is 4.26. The van der Waals surface area contributed by atoms with Crippen LogP contribution in [-0.2, 0) is 6.54 Å². The largest absolute Gasteiger partial charge is 0.361 e. The Morgan fingerprint density at radius 3 is 3.00 bits per heavy atom. The molecule has 4 rings (SSSR count). The van der Waals surface area contributed by atoms with Crippen molar-refractivity contribution in [1.82, 2.24) is 30.3 Å². The van der Waals surface area contributed by atoms with Gasteiger partial charge in [0.1, 0.15) is 11.5 Å². The zero-order valence-electron chi connectivity index (χ0n) is 12.6. The number of carbonyl (C=O) groups excluding carboxylic acids is 1. The number of nitrogens with one attached hydrogen (secondary N) is 1. The SMILES string of the molecule is Cc1cc(C(=O)NCc2nnc3ccc(-c4cccs4)nn23)no1. The average Bonchev–Trinajstić information content (AvgIpc) is 3.33. The Bertz CT molecular complexity index is 1000. The van der Waals surface area contributed by atoms with Crippen molar-refractivity contribution >= 4 is 22.9 Å². The Morgan fingerprint density at radius 1 is 1.33 bits per heavy atom. The number of aromatic nitrogens is 5. The topological polar surface area (TPSA) is 98.2 Å². The molecule has 8 nitrogen and oxygen atoms in total. The van der Waals surface area contributed by atoms with Crippen LogP contribution in [0.5, 0.6) is 0 Å². The maximum Gasteiger partial charge on any atom is 0.273 e. The van der Waals surface area contributed by atoms with Gasteiger partial charge in [-0.05, 0) is 30.5 Å². The number of amides is 1. The molecule has 4 heterocycles. The monoisotopic (exact) mass is 340 g/mol. The summed E-state index contributed by atoms with van der Waals surface area (Å²) in [6.07, 6.45) is 0. The average molecular weight is 340 g/mol. The maximum absolute atomic E-state index is 12.0. The lowest BCUT2D eigenvalue weighted by molar-refractivity contribution is 0.0940. The standard InChI is InChI=1S/C15H12N6O2S/c1-9-7-11(20-23-9)15(22)16-8-14-18-17-13-5-4-10(19-21(13)14)12-3-2-6-24-12/h2-7H,8H2,1H3,(H,16,22). The van der Waals surface area contributed by atoms with E-state index < -0.39 is 0 Å². The van der Waals surface area contributed by atoms with Crippen molar-refractivity contribution in [2.45, 2.75) is 13.5 Å². The summed E-state index contributed by atoms with van der Waals surface area (Å²) in [4.78, 5) is 13.1. The smallest absolute Gasteiger partial charge is 0.273 e. The first kappa shape index (κ1) is 14.5. The fourth-order valence-corrected chi connectivity index (χ4v) is 2.91. The molecule has 0 radical (unpaired) electrons. The number of fused-ring (bicyclic) bond motifs is 1. The maximum atomic E-state index is 12.0. The van der Waals surface area contributed by atoms with Crippen molar-refractivity contribution in [3.8, 4) is 10.6 Å². The van der Waals surface area contributed by atoms with Crippen LogP contribution in [0.4, 0.5) is 0 Å². The van der Waals surface area contributed by atoms with Crippen LogP contribution in [-0.4, -0.2) is 30.9 Å². The van der Waals surface area contributed by atoms with Crippen LogP contribution in [0.2, 0.25) is 0 Å². The van der Waals surface area contributed by atoms with Gasteiger partial charge in [-0.25, -0.2) is 0 Å². The Hall–Kier alpha value is -3.07. The van der Waals surface area contributed by atoms with Gasteiger partial charge in [0.2, 0.25) is 0 Å². The highest BCUT2D eigenvalue weighted by molar-refractivity contribution is 7.13. The molecular formula is C15H12N6O2S. The molecule has 1 amide bonds. The van der Waals surface area contributed by atoms with Crippen LogP contribution in [0, 0.1) is 6.92 Å². The lowest BCUT2D eigenvalue weighted by atomic mass is 10.3. The number of aryl methyl sites for hydroxylation is 1. The summed E-state index contributed by atoms with van der Waals surface area (Å²) in [6.45, 7) is 1.92. The molecule has 0 saturated heterocycles. The molecule has 0 aliphatic heterocycles. The van der Waals surface area contributed by atoms with E-state index in [9.17, 15) is 4.79 Å². The van der Waals surface area contributed by atoms with Crippen molar-refractivity contribution in [3.63, 3.8) is 0 Å². The van der Waals surface area contributed by atoms with Gasteiger partial charge in [0, 0.05) is 6.07 Å². The van der Waals surface area contributed by atoms with Gasteiger partial charge in [-0.3, -0.25) is 4.79 Å². The van der Waals surface area contributed by atoms with Crippen LogP contribution in [0.1, 0.15) is 22.1 Å². The fourth-order valence-electron chi connectivity index (χ4n) is 2.22. The number of thiophene rings is 1. The first-order valence-electron chi connectivity index (χ1n) is 7.17. The molecule has 24 heavy (non-hydrogen) atoms.